The van der Waals surface area contributed by atoms with Crippen LogP contribution in [0.3, 0.4) is 0 Å². The molecule has 0 aromatic carbocycles. The van der Waals surface area contributed by atoms with E-state index in [2.05, 4.69) is 10.1 Å². The highest BCUT2D eigenvalue weighted by atomic mass is 19.1. The van der Waals surface area contributed by atoms with Crippen LogP contribution in [0.1, 0.15) is 31.4 Å². The average Bonchev–Trinajstić information content (AvgIpc) is 2.96. The predicted octanol–water partition coefficient (Wildman–Crippen LogP) is 1.70. The molecule has 23 heavy (non-hydrogen) atoms. The molecule has 2 heterocycles. The molecule has 2 aromatic heterocycles. The van der Waals surface area contributed by atoms with Gasteiger partial charge < -0.3 is 10.0 Å². The Morgan fingerprint density at radius 1 is 1.43 bits per heavy atom. The highest BCUT2D eigenvalue weighted by molar-refractivity contribution is 5.80. The molecule has 0 aliphatic heterocycles. The number of rotatable bonds is 4. The van der Waals surface area contributed by atoms with Crippen molar-refractivity contribution in [3.63, 3.8) is 0 Å². The maximum Gasteiger partial charge on any atom is 0.226 e. The SMILES string of the molecule is CC(c1ccc(-n2cc(F)cn2)nc1)N(C)C(=O)C1CC(O)C1. The molecule has 1 atom stereocenters. The van der Waals surface area contributed by atoms with Gasteiger partial charge in [-0.3, -0.25) is 4.79 Å². The van der Waals surface area contributed by atoms with Gasteiger partial charge >= 0.3 is 0 Å². The van der Waals surface area contributed by atoms with Crippen molar-refractivity contribution in [3.05, 3.63) is 42.1 Å². The lowest BCUT2D eigenvalue weighted by molar-refractivity contribution is -0.143. The molecule has 0 radical (unpaired) electrons. The second-order valence-electron chi connectivity index (χ2n) is 6.00. The van der Waals surface area contributed by atoms with Gasteiger partial charge in [-0.1, -0.05) is 6.07 Å². The Balaban J connectivity index is 1.69. The zero-order valence-electron chi connectivity index (χ0n) is 13.1. The van der Waals surface area contributed by atoms with Gasteiger partial charge in [0, 0.05) is 19.2 Å². The van der Waals surface area contributed by atoms with Gasteiger partial charge in [0.15, 0.2) is 11.6 Å². The van der Waals surface area contributed by atoms with Gasteiger partial charge in [-0.25, -0.2) is 14.1 Å². The van der Waals surface area contributed by atoms with Crippen LogP contribution in [-0.4, -0.2) is 43.8 Å². The Morgan fingerprint density at radius 3 is 2.70 bits per heavy atom. The summed E-state index contributed by atoms with van der Waals surface area (Å²) < 4.78 is 14.3. The minimum absolute atomic E-state index is 0.0426. The highest BCUT2D eigenvalue weighted by Crippen LogP contribution is 2.31. The lowest BCUT2D eigenvalue weighted by atomic mass is 9.81. The number of aromatic nitrogens is 3. The van der Waals surface area contributed by atoms with Crippen LogP contribution in [0.5, 0.6) is 0 Å². The summed E-state index contributed by atoms with van der Waals surface area (Å²) in [5, 5.41) is 13.2. The van der Waals surface area contributed by atoms with E-state index in [4.69, 9.17) is 0 Å². The first-order chi connectivity index (χ1) is 11.0. The van der Waals surface area contributed by atoms with Crippen LogP contribution in [0.15, 0.2) is 30.7 Å². The second kappa shape index (κ2) is 6.08. The number of hydrogen-bond donors (Lipinski definition) is 1. The Bertz CT molecular complexity index is 694. The highest BCUT2D eigenvalue weighted by Gasteiger charge is 2.36. The lowest BCUT2D eigenvalue weighted by Crippen LogP contribution is -2.42. The lowest BCUT2D eigenvalue weighted by Gasteiger charge is -2.35. The first-order valence-electron chi connectivity index (χ1n) is 7.57. The quantitative estimate of drug-likeness (QED) is 0.931. The standard InChI is InChI=1S/C16H19FN4O2/c1-10(20(2)16(23)12-5-14(22)6-12)11-3-4-15(18-7-11)21-9-13(17)8-19-21/h3-4,7-10,12,14,22H,5-6H2,1-2H3. The summed E-state index contributed by atoms with van der Waals surface area (Å²) >= 11 is 0. The molecule has 0 bridgehead atoms. The van der Waals surface area contributed by atoms with Crippen molar-refractivity contribution in [2.45, 2.75) is 31.9 Å². The van der Waals surface area contributed by atoms with E-state index in [-0.39, 0.29) is 24.0 Å². The van der Waals surface area contributed by atoms with Gasteiger partial charge in [0.05, 0.1) is 24.5 Å². The summed E-state index contributed by atoms with van der Waals surface area (Å²) in [7, 11) is 1.76. The Morgan fingerprint density at radius 2 is 2.17 bits per heavy atom. The molecule has 1 unspecified atom stereocenters. The molecule has 0 saturated heterocycles. The van der Waals surface area contributed by atoms with Crippen LogP contribution in [0.25, 0.3) is 5.82 Å². The Labute approximate surface area is 133 Å². The van der Waals surface area contributed by atoms with Gasteiger partial charge in [-0.15, -0.1) is 0 Å². The van der Waals surface area contributed by atoms with Gasteiger partial charge in [-0.05, 0) is 31.4 Å². The van der Waals surface area contributed by atoms with Crippen molar-refractivity contribution in [3.8, 4) is 5.82 Å². The molecule has 2 aromatic rings. The third-order valence-corrected chi connectivity index (χ3v) is 4.43. The number of carbonyl (C=O) groups excluding carboxylic acids is 1. The molecule has 0 spiro atoms. The molecular weight excluding hydrogens is 299 g/mol. The van der Waals surface area contributed by atoms with Crippen molar-refractivity contribution in [2.75, 3.05) is 7.05 Å². The molecule has 3 rings (SSSR count). The fourth-order valence-corrected chi connectivity index (χ4v) is 2.70. The summed E-state index contributed by atoms with van der Waals surface area (Å²) in [5.74, 6) is 0.0518. The topological polar surface area (TPSA) is 71.2 Å². The summed E-state index contributed by atoms with van der Waals surface area (Å²) in [4.78, 5) is 18.3. The summed E-state index contributed by atoms with van der Waals surface area (Å²) in [5.41, 5.74) is 0.886. The van der Waals surface area contributed by atoms with Crippen LogP contribution in [0.4, 0.5) is 4.39 Å². The minimum Gasteiger partial charge on any atom is -0.393 e. The molecule has 1 aliphatic carbocycles. The van der Waals surface area contributed by atoms with Crippen LogP contribution < -0.4 is 0 Å². The summed E-state index contributed by atoms with van der Waals surface area (Å²) in [6.07, 6.45) is 4.78. The number of aliphatic hydroxyl groups excluding tert-OH is 1. The zero-order valence-corrected chi connectivity index (χ0v) is 13.1. The van der Waals surface area contributed by atoms with Gasteiger partial charge in [0.2, 0.25) is 5.91 Å². The number of nitrogens with zero attached hydrogens (tertiary/aromatic N) is 4. The predicted molar refractivity (Wildman–Crippen MR) is 81.2 cm³/mol. The molecule has 122 valence electrons. The van der Waals surface area contributed by atoms with Crippen molar-refractivity contribution in [1.82, 2.24) is 19.7 Å². The van der Waals surface area contributed by atoms with Crippen LogP contribution in [0.2, 0.25) is 0 Å². The molecule has 1 fully saturated rings. The Hall–Kier alpha value is -2.28. The fourth-order valence-electron chi connectivity index (χ4n) is 2.70. The van der Waals surface area contributed by atoms with E-state index < -0.39 is 5.82 Å². The van der Waals surface area contributed by atoms with Crippen LogP contribution in [0, 0.1) is 11.7 Å². The second-order valence-corrected chi connectivity index (χ2v) is 6.00. The molecule has 1 N–H and O–H groups in total. The number of halogens is 1. The van der Waals surface area contributed by atoms with Crippen molar-refractivity contribution >= 4 is 5.91 Å². The summed E-state index contributed by atoms with van der Waals surface area (Å²) in [6.45, 7) is 1.93. The number of amides is 1. The molecule has 7 heteroatoms. The Kier molecular flexibility index (Phi) is 4.12. The fraction of sp³-hybridized carbons (Fsp3) is 0.438. The average molecular weight is 318 g/mol. The van der Waals surface area contributed by atoms with E-state index in [1.165, 1.54) is 10.9 Å². The van der Waals surface area contributed by atoms with E-state index in [1.807, 2.05) is 13.0 Å². The van der Waals surface area contributed by atoms with E-state index in [9.17, 15) is 14.3 Å². The van der Waals surface area contributed by atoms with Gasteiger partial charge in [0.1, 0.15) is 0 Å². The number of carbonyl (C=O) groups is 1. The molecule has 1 saturated carbocycles. The third-order valence-electron chi connectivity index (χ3n) is 4.43. The molecule has 1 amide bonds. The van der Waals surface area contributed by atoms with Crippen molar-refractivity contribution in [1.29, 1.82) is 0 Å². The third kappa shape index (κ3) is 3.10. The maximum atomic E-state index is 13.0. The number of hydrogen-bond acceptors (Lipinski definition) is 4. The minimum atomic E-state index is -0.419. The van der Waals surface area contributed by atoms with Gasteiger partial charge in [-0.2, -0.15) is 5.10 Å². The normalized spacial score (nSPS) is 21.6. The molecule has 1 aliphatic rings. The monoisotopic (exact) mass is 318 g/mol. The van der Waals surface area contributed by atoms with Crippen LogP contribution >= 0.6 is 0 Å². The molecule has 6 nitrogen and oxygen atoms in total. The van der Waals surface area contributed by atoms with Crippen molar-refractivity contribution in [2.24, 2.45) is 5.92 Å². The first kappa shape index (κ1) is 15.6. The van der Waals surface area contributed by atoms with Crippen LogP contribution in [-0.2, 0) is 4.79 Å². The molecular formula is C16H19FN4O2. The smallest absolute Gasteiger partial charge is 0.226 e. The number of pyridine rings is 1. The zero-order chi connectivity index (χ0) is 16.6. The van der Waals surface area contributed by atoms with E-state index in [0.29, 0.717) is 18.7 Å². The number of aliphatic hydroxyl groups is 1. The van der Waals surface area contributed by atoms with Gasteiger partial charge in [0.25, 0.3) is 0 Å². The van der Waals surface area contributed by atoms with E-state index >= 15 is 0 Å². The van der Waals surface area contributed by atoms with Crippen molar-refractivity contribution < 1.29 is 14.3 Å². The maximum absolute atomic E-state index is 13.0. The van der Waals surface area contributed by atoms with E-state index in [1.54, 1.807) is 24.2 Å². The summed E-state index contributed by atoms with van der Waals surface area (Å²) in [6, 6.07) is 3.46. The van der Waals surface area contributed by atoms with E-state index in [0.717, 1.165) is 11.8 Å². The first-order valence-corrected chi connectivity index (χ1v) is 7.57. The largest absolute Gasteiger partial charge is 0.393 e.